The van der Waals surface area contributed by atoms with E-state index in [-0.39, 0.29) is 17.5 Å². The molecule has 0 aliphatic heterocycles. The van der Waals surface area contributed by atoms with Crippen LogP contribution < -0.4 is 10.6 Å². The molecule has 5 nitrogen and oxygen atoms in total. The highest BCUT2D eigenvalue weighted by Crippen LogP contribution is 2.65. The van der Waals surface area contributed by atoms with Crippen molar-refractivity contribution >= 4 is 6.03 Å². The Morgan fingerprint density at radius 1 is 1.22 bits per heavy atom. The summed E-state index contributed by atoms with van der Waals surface area (Å²) in [4.78, 5) is 12.6. The monoisotopic (exact) mass is 366 g/mol. The molecule has 2 aliphatic rings. The first-order chi connectivity index (χ1) is 12.9. The summed E-state index contributed by atoms with van der Waals surface area (Å²) in [5.74, 6) is 0.725. The molecule has 0 saturated heterocycles. The minimum absolute atomic E-state index is 0.0570. The number of hydrogen-bond donors (Lipinski definition) is 2. The van der Waals surface area contributed by atoms with Crippen LogP contribution in [-0.4, -0.2) is 21.9 Å². The first-order valence-corrected chi connectivity index (χ1v) is 9.99. The summed E-state index contributed by atoms with van der Waals surface area (Å²) in [5.41, 5.74) is 2.81. The molecule has 0 spiro atoms. The number of carbonyl (C=O) groups is 1. The SMILES string of the molecule is CC1(C)C2CCC1(C)C(NC(=O)NCc1ccccc1Cn1cccn1)C2. The van der Waals surface area contributed by atoms with Gasteiger partial charge in [-0.05, 0) is 53.2 Å². The molecule has 27 heavy (non-hydrogen) atoms. The number of rotatable bonds is 5. The second-order valence-corrected chi connectivity index (χ2v) is 8.96. The lowest BCUT2D eigenvalue weighted by Gasteiger charge is -2.39. The second-order valence-electron chi connectivity index (χ2n) is 8.96. The summed E-state index contributed by atoms with van der Waals surface area (Å²) in [6.45, 7) is 8.33. The minimum Gasteiger partial charge on any atom is -0.335 e. The van der Waals surface area contributed by atoms with Gasteiger partial charge in [0.25, 0.3) is 0 Å². The molecular weight excluding hydrogens is 336 g/mol. The van der Waals surface area contributed by atoms with Gasteiger partial charge in [0.05, 0.1) is 6.54 Å². The van der Waals surface area contributed by atoms with E-state index >= 15 is 0 Å². The van der Waals surface area contributed by atoms with Gasteiger partial charge in [0.2, 0.25) is 0 Å². The van der Waals surface area contributed by atoms with E-state index < -0.39 is 0 Å². The van der Waals surface area contributed by atoms with Crippen molar-refractivity contribution < 1.29 is 4.79 Å². The highest BCUT2D eigenvalue weighted by atomic mass is 16.2. The van der Waals surface area contributed by atoms with Gasteiger partial charge in [0, 0.05) is 25.0 Å². The number of urea groups is 1. The molecule has 2 saturated carbocycles. The number of nitrogens with one attached hydrogen (secondary N) is 2. The van der Waals surface area contributed by atoms with Crippen molar-refractivity contribution in [2.45, 2.75) is 59.2 Å². The third-order valence-corrected chi connectivity index (χ3v) is 7.55. The van der Waals surface area contributed by atoms with Crippen LogP contribution >= 0.6 is 0 Å². The van der Waals surface area contributed by atoms with Crippen LogP contribution in [-0.2, 0) is 13.1 Å². The van der Waals surface area contributed by atoms with Crippen molar-refractivity contribution in [1.82, 2.24) is 20.4 Å². The van der Waals surface area contributed by atoms with Gasteiger partial charge < -0.3 is 10.6 Å². The smallest absolute Gasteiger partial charge is 0.315 e. The lowest BCUT2D eigenvalue weighted by Crippen LogP contribution is -2.50. The summed E-state index contributed by atoms with van der Waals surface area (Å²) in [6.07, 6.45) is 7.35. The molecule has 0 radical (unpaired) electrons. The summed E-state index contributed by atoms with van der Waals surface area (Å²) < 4.78 is 1.90. The average molecular weight is 367 g/mol. The summed E-state index contributed by atoms with van der Waals surface area (Å²) in [5, 5.41) is 10.6. The van der Waals surface area contributed by atoms with E-state index in [1.807, 2.05) is 29.1 Å². The highest BCUT2D eigenvalue weighted by molar-refractivity contribution is 5.74. The molecule has 5 heteroatoms. The van der Waals surface area contributed by atoms with Crippen molar-refractivity contribution in [3.63, 3.8) is 0 Å². The zero-order valence-corrected chi connectivity index (χ0v) is 16.5. The van der Waals surface area contributed by atoms with Gasteiger partial charge in [-0.25, -0.2) is 4.79 Å². The number of carbonyl (C=O) groups excluding carboxylic acids is 1. The normalized spacial score (nSPS) is 28.3. The van der Waals surface area contributed by atoms with Crippen LogP contribution in [0.15, 0.2) is 42.7 Å². The third-order valence-electron chi connectivity index (χ3n) is 7.55. The summed E-state index contributed by atoms with van der Waals surface area (Å²) in [6, 6.07) is 10.3. The lowest BCUT2D eigenvalue weighted by atomic mass is 9.69. The number of amides is 2. The van der Waals surface area contributed by atoms with Crippen molar-refractivity contribution in [3.8, 4) is 0 Å². The van der Waals surface area contributed by atoms with E-state index in [1.54, 1.807) is 6.20 Å². The molecule has 2 amide bonds. The van der Waals surface area contributed by atoms with Crippen molar-refractivity contribution in [2.24, 2.45) is 16.7 Å². The molecule has 3 atom stereocenters. The Bertz CT molecular complexity index is 813. The molecule has 1 aromatic heterocycles. The van der Waals surface area contributed by atoms with Crippen molar-refractivity contribution in [3.05, 3.63) is 53.9 Å². The number of fused-ring (bicyclic) bond motifs is 2. The summed E-state index contributed by atoms with van der Waals surface area (Å²) in [7, 11) is 0. The highest BCUT2D eigenvalue weighted by Gasteiger charge is 2.61. The van der Waals surface area contributed by atoms with Crippen LogP contribution in [0.5, 0.6) is 0 Å². The zero-order valence-electron chi connectivity index (χ0n) is 16.5. The molecule has 2 fully saturated rings. The van der Waals surface area contributed by atoms with E-state index in [2.05, 4.69) is 48.6 Å². The van der Waals surface area contributed by atoms with Gasteiger partial charge in [-0.2, -0.15) is 5.10 Å². The Labute approximate surface area is 161 Å². The molecule has 2 aliphatic carbocycles. The Kier molecular flexibility index (Phi) is 4.49. The number of aromatic nitrogens is 2. The zero-order chi connectivity index (χ0) is 19.1. The molecule has 2 N–H and O–H groups in total. The summed E-state index contributed by atoms with van der Waals surface area (Å²) >= 11 is 0. The third kappa shape index (κ3) is 3.13. The predicted octanol–water partition coefficient (Wildman–Crippen LogP) is 3.95. The molecule has 2 bridgehead atoms. The van der Waals surface area contributed by atoms with E-state index in [4.69, 9.17) is 0 Å². The first kappa shape index (κ1) is 18.1. The Morgan fingerprint density at radius 3 is 2.63 bits per heavy atom. The predicted molar refractivity (Wildman–Crippen MR) is 106 cm³/mol. The Hall–Kier alpha value is -2.30. The average Bonchev–Trinajstić information content (AvgIpc) is 3.27. The van der Waals surface area contributed by atoms with E-state index in [0.717, 1.165) is 17.9 Å². The van der Waals surface area contributed by atoms with Gasteiger partial charge in [-0.1, -0.05) is 45.0 Å². The topological polar surface area (TPSA) is 59.0 Å². The maximum atomic E-state index is 12.6. The van der Waals surface area contributed by atoms with Crippen LogP contribution in [0.3, 0.4) is 0 Å². The minimum atomic E-state index is -0.0570. The Balaban J connectivity index is 1.37. The van der Waals surface area contributed by atoms with Gasteiger partial charge in [-0.3, -0.25) is 4.68 Å². The van der Waals surface area contributed by atoms with Crippen molar-refractivity contribution in [2.75, 3.05) is 0 Å². The molecular formula is C22H30N4O. The molecule has 1 aromatic carbocycles. The fraction of sp³-hybridized carbons (Fsp3) is 0.545. The van der Waals surface area contributed by atoms with Gasteiger partial charge >= 0.3 is 6.03 Å². The quantitative estimate of drug-likeness (QED) is 0.842. The van der Waals surface area contributed by atoms with Crippen LogP contribution in [0, 0.1) is 16.7 Å². The maximum absolute atomic E-state index is 12.6. The fourth-order valence-corrected chi connectivity index (χ4v) is 5.26. The molecule has 1 heterocycles. The fourth-order valence-electron chi connectivity index (χ4n) is 5.26. The van der Waals surface area contributed by atoms with E-state index in [1.165, 1.54) is 18.4 Å². The van der Waals surface area contributed by atoms with Crippen LogP contribution in [0.4, 0.5) is 4.79 Å². The molecule has 3 unspecified atom stereocenters. The van der Waals surface area contributed by atoms with E-state index in [0.29, 0.717) is 18.5 Å². The van der Waals surface area contributed by atoms with Crippen LogP contribution in [0.1, 0.15) is 51.2 Å². The van der Waals surface area contributed by atoms with Gasteiger partial charge in [-0.15, -0.1) is 0 Å². The Morgan fingerprint density at radius 2 is 2.00 bits per heavy atom. The molecule has 2 aromatic rings. The molecule has 4 rings (SSSR count). The van der Waals surface area contributed by atoms with Gasteiger partial charge in [0.15, 0.2) is 0 Å². The van der Waals surface area contributed by atoms with Crippen LogP contribution in [0.25, 0.3) is 0 Å². The maximum Gasteiger partial charge on any atom is 0.315 e. The number of benzene rings is 1. The lowest BCUT2D eigenvalue weighted by molar-refractivity contribution is 0.123. The number of nitrogens with zero attached hydrogens (tertiary/aromatic N) is 2. The number of hydrogen-bond acceptors (Lipinski definition) is 2. The second kappa shape index (κ2) is 6.70. The van der Waals surface area contributed by atoms with Gasteiger partial charge in [0.1, 0.15) is 0 Å². The largest absolute Gasteiger partial charge is 0.335 e. The van der Waals surface area contributed by atoms with Crippen LogP contribution in [0.2, 0.25) is 0 Å². The van der Waals surface area contributed by atoms with Crippen molar-refractivity contribution in [1.29, 1.82) is 0 Å². The first-order valence-electron chi connectivity index (χ1n) is 9.99. The molecule has 144 valence electrons. The standard InChI is InChI=1S/C22H30N4O/c1-21(2)18-9-10-22(21,3)19(13-18)25-20(27)23-14-16-7-4-5-8-17(16)15-26-12-6-11-24-26/h4-8,11-12,18-19H,9-10,13-15H2,1-3H3,(H2,23,25,27). The van der Waals surface area contributed by atoms with E-state index in [9.17, 15) is 4.79 Å².